The summed E-state index contributed by atoms with van der Waals surface area (Å²) < 4.78 is 37.4. The number of benzene rings is 1. The Morgan fingerprint density at radius 3 is 2.27 bits per heavy atom. The van der Waals surface area contributed by atoms with Gasteiger partial charge in [-0.1, -0.05) is 12.6 Å². The van der Waals surface area contributed by atoms with Crippen molar-refractivity contribution in [1.82, 2.24) is 0 Å². The van der Waals surface area contributed by atoms with Crippen LogP contribution < -0.4 is 5.19 Å². The van der Waals surface area contributed by atoms with Crippen molar-refractivity contribution in [3.8, 4) is 0 Å². The average Bonchev–Trinajstić information content (AvgIpc) is 2.01. The van der Waals surface area contributed by atoms with E-state index in [1.165, 1.54) is 6.07 Å². The molecule has 11 heavy (non-hydrogen) atoms. The van der Waals surface area contributed by atoms with Gasteiger partial charge in [-0.05, 0) is 11.3 Å². The molecule has 1 aromatic rings. The van der Waals surface area contributed by atoms with Crippen molar-refractivity contribution >= 4 is 14.7 Å². The second kappa shape index (κ2) is 3.09. The molecule has 4 heteroatoms. The van der Waals surface area contributed by atoms with Crippen LogP contribution in [0.3, 0.4) is 0 Å². The van der Waals surface area contributed by atoms with Crippen LogP contribution in [0.4, 0.5) is 13.2 Å². The summed E-state index contributed by atoms with van der Waals surface area (Å²) in [5, 5.41) is 0.337. The van der Waals surface area contributed by atoms with E-state index in [0.29, 0.717) is 5.19 Å². The first-order valence-electron chi connectivity index (χ1n) is 3.29. The maximum absolute atomic E-state index is 12.7. The fourth-order valence-electron chi connectivity index (χ4n) is 0.839. The quantitative estimate of drug-likeness (QED) is 0.441. The zero-order chi connectivity index (χ0) is 8.43. The first-order valence-corrected chi connectivity index (χ1v) is 5.41. The fourth-order valence-corrected chi connectivity index (χ4v) is 1.66. The smallest absolute Gasteiger partial charge is 0.194 e. The van der Waals surface area contributed by atoms with Gasteiger partial charge in [-0.3, -0.25) is 0 Å². The van der Waals surface area contributed by atoms with Gasteiger partial charge in [-0.25, -0.2) is 13.2 Å². The minimum Gasteiger partial charge on any atom is -0.204 e. The Bertz CT molecular complexity index is 273. The molecule has 0 heterocycles. The van der Waals surface area contributed by atoms with Gasteiger partial charge in [0.05, 0.1) is 9.52 Å². The van der Waals surface area contributed by atoms with Crippen LogP contribution in [0, 0.1) is 17.5 Å². The molecule has 0 amide bonds. The highest BCUT2D eigenvalue weighted by atomic mass is 28.2. The molecule has 0 aliphatic carbocycles. The normalized spacial score (nSPS) is 11.3. The lowest BCUT2D eigenvalue weighted by atomic mass is 10.3. The van der Waals surface area contributed by atoms with Crippen molar-refractivity contribution in [2.75, 3.05) is 0 Å². The van der Waals surface area contributed by atoms with Crippen molar-refractivity contribution in [3.63, 3.8) is 0 Å². The van der Waals surface area contributed by atoms with Crippen LogP contribution in [0.15, 0.2) is 12.1 Å². The van der Waals surface area contributed by atoms with Crippen LogP contribution in [0.5, 0.6) is 0 Å². The van der Waals surface area contributed by atoms with Gasteiger partial charge in [-0.15, -0.1) is 0 Å². The van der Waals surface area contributed by atoms with E-state index in [4.69, 9.17) is 0 Å². The number of hydrogen-bond donors (Lipinski definition) is 0. The SMILES string of the molecule is C[SiH2]c1ccc(F)c(F)c1F. The van der Waals surface area contributed by atoms with E-state index >= 15 is 0 Å². The summed E-state index contributed by atoms with van der Waals surface area (Å²) in [6.07, 6.45) is 0. The van der Waals surface area contributed by atoms with E-state index in [1.54, 1.807) is 0 Å². The summed E-state index contributed by atoms with van der Waals surface area (Å²) in [6, 6.07) is 2.27. The number of rotatable bonds is 1. The molecule has 0 N–H and O–H groups in total. The van der Waals surface area contributed by atoms with Crippen LogP contribution in [0.25, 0.3) is 0 Å². The Hall–Kier alpha value is -0.773. The standard InChI is InChI=1S/C7H7F3Si/c1-11-5-3-2-4(8)6(9)7(5)10/h2-3H,11H2,1H3. The topological polar surface area (TPSA) is 0 Å². The van der Waals surface area contributed by atoms with E-state index in [-0.39, 0.29) is 0 Å². The molecular weight excluding hydrogens is 169 g/mol. The minimum absolute atomic E-state index is 0.337. The largest absolute Gasteiger partial charge is 0.204 e. The summed E-state index contributed by atoms with van der Waals surface area (Å²) in [4.78, 5) is 0. The third kappa shape index (κ3) is 1.45. The molecule has 0 nitrogen and oxygen atoms in total. The lowest BCUT2D eigenvalue weighted by molar-refractivity contribution is 0.451. The Kier molecular flexibility index (Phi) is 2.33. The van der Waals surface area contributed by atoms with Gasteiger partial charge >= 0.3 is 0 Å². The van der Waals surface area contributed by atoms with Crippen molar-refractivity contribution in [3.05, 3.63) is 29.6 Å². The highest BCUT2D eigenvalue weighted by Gasteiger charge is 2.10. The predicted molar refractivity (Wildman–Crippen MR) is 40.4 cm³/mol. The molecule has 1 aromatic carbocycles. The molecule has 0 unspecified atom stereocenters. The number of halogens is 3. The summed E-state index contributed by atoms with van der Waals surface area (Å²) in [5.41, 5.74) is 0. The Balaban J connectivity index is 3.25. The molecule has 60 valence electrons. The van der Waals surface area contributed by atoms with Crippen LogP contribution >= 0.6 is 0 Å². The van der Waals surface area contributed by atoms with Gasteiger partial charge in [0.25, 0.3) is 0 Å². The molecule has 0 aromatic heterocycles. The van der Waals surface area contributed by atoms with E-state index in [1.807, 2.05) is 6.55 Å². The molecule has 0 bridgehead atoms. The molecule has 0 saturated carbocycles. The summed E-state index contributed by atoms with van der Waals surface area (Å²) in [7, 11) is -0.757. The summed E-state index contributed by atoms with van der Waals surface area (Å²) in [6.45, 7) is 1.82. The maximum atomic E-state index is 12.7. The maximum Gasteiger partial charge on any atom is 0.194 e. The van der Waals surface area contributed by atoms with Gasteiger partial charge in [0.15, 0.2) is 17.5 Å². The zero-order valence-electron chi connectivity index (χ0n) is 6.00. The molecule has 0 fully saturated rings. The molecule has 0 radical (unpaired) electrons. The monoisotopic (exact) mass is 176 g/mol. The van der Waals surface area contributed by atoms with Crippen LogP contribution in [-0.2, 0) is 0 Å². The molecule has 0 aliphatic rings. The molecule has 0 spiro atoms. The van der Waals surface area contributed by atoms with Crippen molar-refractivity contribution in [2.45, 2.75) is 6.55 Å². The van der Waals surface area contributed by atoms with Gasteiger partial charge in [0.2, 0.25) is 0 Å². The third-order valence-corrected chi connectivity index (χ3v) is 2.80. The molecule has 0 atom stereocenters. The van der Waals surface area contributed by atoms with Crippen molar-refractivity contribution in [1.29, 1.82) is 0 Å². The number of hydrogen-bond acceptors (Lipinski definition) is 0. The van der Waals surface area contributed by atoms with Crippen LogP contribution in [0.1, 0.15) is 0 Å². The molecule has 0 aliphatic heterocycles. The second-order valence-corrected chi connectivity index (χ2v) is 3.66. The lowest BCUT2D eigenvalue weighted by Crippen LogP contribution is -2.17. The molecule has 0 saturated heterocycles. The third-order valence-electron chi connectivity index (χ3n) is 1.50. The second-order valence-electron chi connectivity index (χ2n) is 2.19. The molecular formula is C7H7F3Si. The summed E-state index contributed by atoms with van der Waals surface area (Å²) in [5.74, 6) is -3.48. The zero-order valence-corrected chi connectivity index (χ0v) is 7.41. The van der Waals surface area contributed by atoms with Gasteiger partial charge in [-0.2, -0.15) is 0 Å². The molecule has 1 rings (SSSR count). The van der Waals surface area contributed by atoms with Crippen molar-refractivity contribution in [2.24, 2.45) is 0 Å². The fraction of sp³-hybridized carbons (Fsp3) is 0.143. The first kappa shape index (κ1) is 8.32. The highest BCUT2D eigenvalue weighted by molar-refractivity contribution is 6.51. The van der Waals surface area contributed by atoms with Crippen molar-refractivity contribution < 1.29 is 13.2 Å². The Morgan fingerprint density at radius 2 is 1.73 bits per heavy atom. The van der Waals surface area contributed by atoms with Gasteiger partial charge in [0.1, 0.15) is 0 Å². The highest BCUT2D eigenvalue weighted by Crippen LogP contribution is 2.06. The van der Waals surface area contributed by atoms with Gasteiger partial charge < -0.3 is 0 Å². The lowest BCUT2D eigenvalue weighted by Gasteiger charge is -1.99. The Morgan fingerprint density at radius 1 is 1.09 bits per heavy atom. The van der Waals surface area contributed by atoms with Crippen LogP contribution in [-0.4, -0.2) is 9.52 Å². The Labute approximate surface area is 64.9 Å². The van der Waals surface area contributed by atoms with E-state index < -0.39 is 27.0 Å². The first-order chi connectivity index (χ1) is 5.16. The van der Waals surface area contributed by atoms with Gasteiger partial charge in [0, 0.05) is 0 Å². The summed E-state index contributed by atoms with van der Waals surface area (Å²) >= 11 is 0. The van der Waals surface area contributed by atoms with E-state index in [9.17, 15) is 13.2 Å². The minimum atomic E-state index is -1.35. The van der Waals surface area contributed by atoms with E-state index in [2.05, 4.69) is 0 Å². The van der Waals surface area contributed by atoms with E-state index in [0.717, 1.165) is 6.07 Å². The predicted octanol–water partition coefficient (Wildman–Crippen LogP) is 0.946. The average molecular weight is 176 g/mol. The van der Waals surface area contributed by atoms with Crippen LogP contribution in [0.2, 0.25) is 6.55 Å².